The van der Waals surface area contributed by atoms with E-state index in [-0.39, 0.29) is 6.03 Å². The second-order valence-electron chi connectivity index (χ2n) is 8.40. The van der Waals surface area contributed by atoms with Crippen molar-refractivity contribution >= 4 is 28.2 Å². The number of amides is 2. The summed E-state index contributed by atoms with van der Waals surface area (Å²) >= 11 is 0. The van der Waals surface area contributed by atoms with Crippen LogP contribution in [-0.2, 0) is 11.3 Å². The molecule has 2 heterocycles. The number of nitriles is 1. The number of urea groups is 1. The van der Waals surface area contributed by atoms with Gasteiger partial charge in [0.15, 0.2) is 0 Å². The van der Waals surface area contributed by atoms with E-state index in [4.69, 9.17) is 15.0 Å². The van der Waals surface area contributed by atoms with Crippen LogP contribution in [0.2, 0.25) is 0 Å². The average Bonchev–Trinajstić information content (AvgIpc) is 2.90. The van der Waals surface area contributed by atoms with E-state index in [1.165, 1.54) is 0 Å². The number of anilines is 2. The Morgan fingerprint density at radius 3 is 2.43 bits per heavy atom. The monoisotopic (exact) mass is 463 g/mol. The summed E-state index contributed by atoms with van der Waals surface area (Å²) in [5.41, 5.74) is 5.00. The third-order valence-corrected chi connectivity index (χ3v) is 6.07. The quantitative estimate of drug-likeness (QED) is 0.422. The van der Waals surface area contributed by atoms with Crippen molar-refractivity contribution in [2.75, 3.05) is 36.9 Å². The van der Waals surface area contributed by atoms with Crippen LogP contribution in [0, 0.1) is 11.3 Å². The van der Waals surface area contributed by atoms with Crippen LogP contribution < -0.4 is 10.6 Å². The Balaban J connectivity index is 1.34. The number of ether oxygens (including phenoxy) is 1. The van der Waals surface area contributed by atoms with Gasteiger partial charge in [0.2, 0.25) is 0 Å². The zero-order chi connectivity index (χ0) is 24.0. The number of benzene rings is 3. The van der Waals surface area contributed by atoms with Crippen LogP contribution in [0.25, 0.3) is 21.9 Å². The molecule has 0 aliphatic carbocycles. The third-order valence-electron chi connectivity index (χ3n) is 6.07. The van der Waals surface area contributed by atoms with Crippen molar-refractivity contribution in [3.63, 3.8) is 0 Å². The van der Waals surface area contributed by atoms with Crippen molar-refractivity contribution in [1.82, 2.24) is 9.88 Å². The van der Waals surface area contributed by atoms with Crippen LogP contribution in [0.15, 0.2) is 79.0 Å². The van der Waals surface area contributed by atoms with Gasteiger partial charge in [-0.2, -0.15) is 5.26 Å². The lowest BCUT2D eigenvalue weighted by Crippen LogP contribution is -2.35. The maximum absolute atomic E-state index is 12.6. The molecule has 0 spiro atoms. The number of fused-ring (bicyclic) bond motifs is 1. The molecule has 7 heteroatoms. The van der Waals surface area contributed by atoms with Gasteiger partial charge in [-0.3, -0.25) is 9.88 Å². The lowest BCUT2D eigenvalue weighted by molar-refractivity contribution is 0.0336. The Bertz CT molecular complexity index is 1370. The van der Waals surface area contributed by atoms with Crippen LogP contribution in [0.5, 0.6) is 0 Å². The molecule has 1 saturated heterocycles. The van der Waals surface area contributed by atoms with Crippen LogP contribution in [0.3, 0.4) is 0 Å². The fourth-order valence-electron chi connectivity index (χ4n) is 4.24. The number of carbonyl (C=O) groups excluding carboxylic acids is 1. The maximum atomic E-state index is 12.6. The van der Waals surface area contributed by atoms with E-state index in [2.05, 4.69) is 39.8 Å². The van der Waals surface area contributed by atoms with Crippen molar-refractivity contribution in [2.45, 2.75) is 6.54 Å². The van der Waals surface area contributed by atoms with Gasteiger partial charge in [-0.15, -0.1) is 0 Å². The highest BCUT2D eigenvalue weighted by Crippen LogP contribution is 2.33. The van der Waals surface area contributed by atoms with Crippen molar-refractivity contribution in [1.29, 1.82) is 5.26 Å². The molecule has 0 atom stereocenters. The first-order valence-corrected chi connectivity index (χ1v) is 11.5. The van der Waals surface area contributed by atoms with Crippen LogP contribution in [0.1, 0.15) is 11.3 Å². The van der Waals surface area contributed by atoms with Gasteiger partial charge in [0.1, 0.15) is 0 Å². The van der Waals surface area contributed by atoms with Crippen LogP contribution in [0.4, 0.5) is 16.2 Å². The van der Waals surface area contributed by atoms with Crippen molar-refractivity contribution < 1.29 is 9.53 Å². The van der Waals surface area contributed by atoms with E-state index < -0.39 is 0 Å². The van der Waals surface area contributed by atoms with Crippen molar-refractivity contribution in [3.8, 4) is 17.2 Å². The summed E-state index contributed by atoms with van der Waals surface area (Å²) in [5, 5.41) is 16.7. The number of aromatic nitrogens is 1. The predicted octanol–water partition coefficient (Wildman–Crippen LogP) is 5.25. The fraction of sp³-hybridized carbons (Fsp3) is 0.179. The summed E-state index contributed by atoms with van der Waals surface area (Å²) in [5.74, 6) is 0. The highest BCUT2D eigenvalue weighted by atomic mass is 16.5. The molecule has 1 fully saturated rings. The highest BCUT2D eigenvalue weighted by Gasteiger charge is 2.13. The van der Waals surface area contributed by atoms with Gasteiger partial charge >= 0.3 is 6.03 Å². The van der Waals surface area contributed by atoms with E-state index in [9.17, 15) is 4.79 Å². The van der Waals surface area contributed by atoms with Gasteiger partial charge in [0.25, 0.3) is 0 Å². The minimum atomic E-state index is -0.346. The molecule has 35 heavy (non-hydrogen) atoms. The molecule has 2 amide bonds. The van der Waals surface area contributed by atoms with Gasteiger partial charge in [0, 0.05) is 42.5 Å². The summed E-state index contributed by atoms with van der Waals surface area (Å²) < 4.78 is 5.42. The molecular formula is C28H25N5O2. The smallest absolute Gasteiger partial charge is 0.323 e. The summed E-state index contributed by atoms with van der Waals surface area (Å²) in [6, 6.07) is 24.6. The van der Waals surface area contributed by atoms with Gasteiger partial charge in [-0.25, -0.2) is 4.79 Å². The number of pyridine rings is 1. The normalized spacial score (nSPS) is 13.8. The van der Waals surface area contributed by atoms with Crippen LogP contribution in [-0.4, -0.2) is 42.2 Å². The molecule has 1 aliphatic rings. The van der Waals surface area contributed by atoms with E-state index in [0.717, 1.165) is 60.4 Å². The van der Waals surface area contributed by atoms with E-state index in [1.807, 2.05) is 36.5 Å². The number of hydrogen-bond acceptors (Lipinski definition) is 5. The SMILES string of the molecule is N#Cc1ccc(NC(=O)Nc2ccc(-c3ccc(CN4CCOCC4)nc3)c3ccccc23)cc1. The number of nitrogens with one attached hydrogen (secondary N) is 2. The lowest BCUT2D eigenvalue weighted by atomic mass is 9.98. The Morgan fingerprint density at radius 1 is 0.943 bits per heavy atom. The molecule has 174 valence electrons. The maximum Gasteiger partial charge on any atom is 0.323 e. The van der Waals surface area contributed by atoms with E-state index >= 15 is 0 Å². The zero-order valence-electron chi connectivity index (χ0n) is 19.2. The number of hydrogen-bond donors (Lipinski definition) is 2. The first-order valence-electron chi connectivity index (χ1n) is 11.5. The number of carbonyl (C=O) groups is 1. The molecule has 0 saturated carbocycles. The first-order chi connectivity index (χ1) is 17.2. The molecule has 3 aromatic carbocycles. The Morgan fingerprint density at radius 2 is 1.71 bits per heavy atom. The van der Waals surface area contributed by atoms with Crippen molar-refractivity contribution in [2.24, 2.45) is 0 Å². The van der Waals surface area contributed by atoms with Gasteiger partial charge in [-0.05, 0) is 47.3 Å². The molecule has 7 nitrogen and oxygen atoms in total. The molecule has 2 N–H and O–H groups in total. The molecule has 0 bridgehead atoms. The summed E-state index contributed by atoms with van der Waals surface area (Å²) in [4.78, 5) is 19.7. The Labute approximate surface area is 204 Å². The average molecular weight is 464 g/mol. The number of morpholine rings is 1. The fourth-order valence-corrected chi connectivity index (χ4v) is 4.24. The standard InChI is InChI=1S/C28H25N5O2/c29-17-20-5-8-22(9-6-20)31-28(34)32-27-12-11-24(25-3-1-2-4-26(25)27)21-7-10-23(30-18-21)19-33-13-15-35-16-14-33/h1-12,18H,13-16,19H2,(H2,31,32,34). The molecule has 1 aliphatic heterocycles. The molecule has 0 radical (unpaired) electrons. The summed E-state index contributed by atoms with van der Waals surface area (Å²) in [6.07, 6.45) is 1.92. The molecule has 4 aromatic rings. The molecule has 0 unspecified atom stereocenters. The second-order valence-corrected chi connectivity index (χ2v) is 8.40. The lowest BCUT2D eigenvalue weighted by Gasteiger charge is -2.26. The zero-order valence-corrected chi connectivity index (χ0v) is 19.2. The minimum Gasteiger partial charge on any atom is -0.379 e. The highest BCUT2D eigenvalue weighted by molar-refractivity contribution is 6.09. The number of nitrogens with zero attached hydrogens (tertiary/aromatic N) is 3. The van der Waals surface area contributed by atoms with Gasteiger partial charge in [-0.1, -0.05) is 36.4 Å². The van der Waals surface area contributed by atoms with Gasteiger partial charge in [0.05, 0.1) is 36.2 Å². The molecular weight excluding hydrogens is 438 g/mol. The summed E-state index contributed by atoms with van der Waals surface area (Å²) in [6.45, 7) is 4.23. The third kappa shape index (κ3) is 5.30. The molecule has 5 rings (SSSR count). The van der Waals surface area contributed by atoms with Gasteiger partial charge < -0.3 is 15.4 Å². The van der Waals surface area contributed by atoms with E-state index in [0.29, 0.717) is 16.9 Å². The Kier molecular flexibility index (Phi) is 6.66. The second kappa shape index (κ2) is 10.3. The minimum absolute atomic E-state index is 0.346. The topological polar surface area (TPSA) is 90.3 Å². The largest absolute Gasteiger partial charge is 0.379 e. The van der Waals surface area contributed by atoms with Crippen molar-refractivity contribution in [3.05, 3.63) is 90.3 Å². The number of rotatable bonds is 5. The predicted molar refractivity (Wildman–Crippen MR) is 137 cm³/mol. The van der Waals surface area contributed by atoms with Crippen LogP contribution >= 0.6 is 0 Å². The first kappa shape index (κ1) is 22.5. The summed E-state index contributed by atoms with van der Waals surface area (Å²) in [7, 11) is 0. The molecule has 1 aromatic heterocycles. The Hall–Kier alpha value is -4.25. The van der Waals surface area contributed by atoms with E-state index in [1.54, 1.807) is 24.3 Å².